The topological polar surface area (TPSA) is 59.8 Å². The van der Waals surface area contributed by atoms with Gasteiger partial charge in [-0.15, -0.1) is 10.2 Å². The standard InChI is InChI=1S/C18H25FN4OS/c1-12(2)9-20-16(24)11-25-18-22-21-17(23(18)10-13(3)4)14-7-5-6-8-15(14)19/h5-8,12-13H,9-11H2,1-4H3,(H,20,24). The van der Waals surface area contributed by atoms with Gasteiger partial charge in [-0.25, -0.2) is 4.39 Å². The monoisotopic (exact) mass is 364 g/mol. The zero-order valence-corrected chi connectivity index (χ0v) is 15.9. The van der Waals surface area contributed by atoms with E-state index in [0.717, 1.165) is 0 Å². The fraction of sp³-hybridized carbons (Fsp3) is 0.500. The molecule has 136 valence electrons. The van der Waals surface area contributed by atoms with E-state index < -0.39 is 0 Å². The summed E-state index contributed by atoms with van der Waals surface area (Å²) in [5, 5.41) is 11.9. The van der Waals surface area contributed by atoms with Crippen LogP contribution in [0.1, 0.15) is 27.7 Å². The first-order chi connectivity index (χ1) is 11.9. The predicted octanol–water partition coefficient (Wildman–Crippen LogP) is 3.60. The van der Waals surface area contributed by atoms with Crippen LogP contribution in [0.4, 0.5) is 4.39 Å². The minimum atomic E-state index is -0.328. The second kappa shape index (κ2) is 8.99. The lowest BCUT2D eigenvalue weighted by atomic mass is 10.2. The van der Waals surface area contributed by atoms with E-state index in [2.05, 4.69) is 29.4 Å². The number of carbonyl (C=O) groups is 1. The van der Waals surface area contributed by atoms with Crippen molar-refractivity contribution in [1.82, 2.24) is 20.1 Å². The molecule has 2 rings (SSSR count). The van der Waals surface area contributed by atoms with Crippen molar-refractivity contribution in [1.29, 1.82) is 0 Å². The van der Waals surface area contributed by atoms with Crippen LogP contribution in [0.25, 0.3) is 11.4 Å². The average molecular weight is 364 g/mol. The zero-order chi connectivity index (χ0) is 18.4. The van der Waals surface area contributed by atoms with Gasteiger partial charge in [0.15, 0.2) is 11.0 Å². The van der Waals surface area contributed by atoms with Crippen LogP contribution in [0.15, 0.2) is 29.4 Å². The highest BCUT2D eigenvalue weighted by Gasteiger charge is 2.18. The normalized spacial score (nSPS) is 11.3. The number of thioether (sulfide) groups is 1. The zero-order valence-electron chi connectivity index (χ0n) is 15.1. The van der Waals surface area contributed by atoms with Gasteiger partial charge in [-0.05, 0) is 24.0 Å². The first-order valence-corrected chi connectivity index (χ1v) is 9.44. The average Bonchev–Trinajstić information content (AvgIpc) is 2.93. The highest BCUT2D eigenvalue weighted by Crippen LogP contribution is 2.26. The van der Waals surface area contributed by atoms with Crippen LogP contribution >= 0.6 is 11.8 Å². The molecule has 1 aromatic carbocycles. The van der Waals surface area contributed by atoms with E-state index in [4.69, 9.17) is 0 Å². The van der Waals surface area contributed by atoms with E-state index in [-0.39, 0.29) is 17.5 Å². The van der Waals surface area contributed by atoms with Gasteiger partial charge >= 0.3 is 0 Å². The van der Waals surface area contributed by atoms with Crippen molar-refractivity contribution in [2.45, 2.75) is 39.4 Å². The maximum absolute atomic E-state index is 14.1. The van der Waals surface area contributed by atoms with Crippen molar-refractivity contribution in [3.05, 3.63) is 30.1 Å². The highest BCUT2D eigenvalue weighted by molar-refractivity contribution is 7.99. The quantitative estimate of drug-likeness (QED) is 0.727. The molecule has 0 bridgehead atoms. The van der Waals surface area contributed by atoms with Crippen molar-refractivity contribution in [2.24, 2.45) is 11.8 Å². The number of hydrogen-bond donors (Lipinski definition) is 1. The second-order valence-electron chi connectivity index (χ2n) is 6.78. The van der Waals surface area contributed by atoms with E-state index in [1.807, 2.05) is 18.4 Å². The number of nitrogens with one attached hydrogen (secondary N) is 1. The van der Waals surface area contributed by atoms with E-state index >= 15 is 0 Å². The van der Waals surface area contributed by atoms with E-state index in [0.29, 0.717) is 41.5 Å². The molecule has 0 radical (unpaired) electrons. The predicted molar refractivity (Wildman–Crippen MR) is 98.8 cm³/mol. The number of aromatic nitrogens is 3. The Morgan fingerprint density at radius 3 is 2.56 bits per heavy atom. The molecular weight excluding hydrogens is 339 g/mol. The van der Waals surface area contributed by atoms with Gasteiger partial charge in [0.2, 0.25) is 5.91 Å². The van der Waals surface area contributed by atoms with Crippen LogP contribution in [-0.4, -0.2) is 33.0 Å². The van der Waals surface area contributed by atoms with Gasteiger partial charge in [-0.3, -0.25) is 4.79 Å². The number of benzene rings is 1. The third kappa shape index (κ3) is 5.56. The number of amides is 1. The maximum Gasteiger partial charge on any atom is 0.230 e. The molecular formula is C18H25FN4OS. The van der Waals surface area contributed by atoms with E-state index in [1.54, 1.807) is 18.2 Å². The molecule has 0 unspecified atom stereocenters. The fourth-order valence-electron chi connectivity index (χ4n) is 2.27. The van der Waals surface area contributed by atoms with Gasteiger partial charge in [0, 0.05) is 13.1 Å². The van der Waals surface area contributed by atoms with Crippen molar-refractivity contribution in [2.75, 3.05) is 12.3 Å². The Balaban J connectivity index is 2.18. The van der Waals surface area contributed by atoms with Crippen LogP contribution in [0.2, 0.25) is 0 Å². The smallest absolute Gasteiger partial charge is 0.230 e. The van der Waals surface area contributed by atoms with E-state index in [9.17, 15) is 9.18 Å². The van der Waals surface area contributed by atoms with Gasteiger partial charge in [0.05, 0.1) is 11.3 Å². The molecule has 1 amide bonds. The van der Waals surface area contributed by atoms with Gasteiger partial charge in [-0.1, -0.05) is 51.6 Å². The Morgan fingerprint density at radius 1 is 1.20 bits per heavy atom. The summed E-state index contributed by atoms with van der Waals surface area (Å²) < 4.78 is 16.0. The Hall–Kier alpha value is -1.89. The third-order valence-electron chi connectivity index (χ3n) is 3.42. The molecule has 2 aromatic rings. The van der Waals surface area contributed by atoms with Crippen molar-refractivity contribution in [3.8, 4) is 11.4 Å². The van der Waals surface area contributed by atoms with Crippen molar-refractivity contribution >= 4 is 17.7 Å². The Morgan fingerprint density at radius 2 is 1.92 bits per heavy atom. The molecule has 0 aliphatic carbocycles. The summed E-state index contributed by atoms with van der Waals surface area (Å²) in [6.07, 6.45) is 0. The van der Waals surface area contributed by atoms with Crippen LogP contribution in [0.3, 0.4) is 0 Å². The number of nitrogens with zero attached hydrogens (tertiary/aromatic N) is 3. The SMILES string of the molecule is CC(C)CNC(=O)CSc1nnc(-c2ccccc2F)n1CC(C)C. The minimum absolute atomic E-state index is 0.0368. The first-order valence-electron chi connectivity index (χ1n) is 8.46. The van der Waals surface area contributed by atoms with Gasteiger partial charge in [-0.2, -0.15) is 0 Å². The fourth-order valence-corrected chi connectivity index (χ4v) is 3.04. The van der Waals surface area contributed by atoms with Crippen LogP contribution in [0.5, 0.6) is 0 Å². The number of carbonyl (C=O) groups excluding carboxylic acids is 1. The first kappa shape index (κ1) is 19.4. The van der Waals surface area contributed by atoms with Crippen LogP contribution in [0, 0.1) is 17.7 Å². The summed E-state index contributed by atoms with van der Waals surface area (Å²) in [5.74, 6) is 1.15. The molecule has 0 saturated heterocycles. The largest absolute Gasteiger partial charge is 0.355 e. The lowest BCUT2D eigenvalue weighted by Crippen LogP contribution is -2.28. The minimum Gasteiger partial charge on any atom is -0.355 e. The summed E-state index contributed by atoms with van der Waals surface area (Å²) in [6, 6.07) is 6.53. The molecule has 25 heavy (non-hydrogen) atoms. The molecule has 5 nitrogen and oxygen atoms in total. The molecule has 0 spiro atoms. The number of halogens is 1. The summed E-state index contributed by atoms with van der Waals surface area (Å²) in [5.41, 5.74) is 0.423. The number of rotatable bonds is 8. The van der Waals surface area contributed by atoms with Crippen LogP contribution < -0.4 is 5.32 Å². The maximum atomic E-state index is 14.1. The lowest BCUT2D eigenvalue weighted by Gasteiger charge is -2.13. The van der Waals surface area contributed by atoms with Gasteiger partial charge in [0.1, 0.15) is 5.82 Å². The summed E-state index contributed by atoms with van der Waals surface area (Å²) in [4.78, 5) is 11.9. The molecule has 7 heteroatoms. The molecule has 1 heterocycles. The second-order valence-corrected chi connectivity index (χ2v) is 7.72. The molecule has 0 saturated carbocycles. The highest BCUT2D eigenvalue weighted by atomic mass is 32.2. The van der Waals surface area contributed by atoms with Crippen molar-refractivity contribution < 1.29 is 9.18 Å². The Kier molecular flexibility index (Phi) is 6.99. The van der Waals surface area contributed by atoms with Gasteiger partial charge < -0.3 is 9.88 Å². The summed E-state index contributed by atoms with van der Waals surface area (Å²) in [6.45, 7) is 9.57. The molecule has 1 N–H and O–H groups in total. The summed E-state index contributed by atoms with van der Waals surface area (Å²) in [7, 11) is 0. The molecule has 0 atom stereocenters. The van der Waals surface area contributed by atoms with Crippen LogP contribution in [-0.2, 0) is 11.3 Å². The lowest BCUT2D eigenvalue weighted by molar-refractivity contribution is -0.118. The molecule has 0 fully saturated rings. The van der Waals surface area contributed by atoms with Gasteiger partial charge in [0.25, 0.3) is 0 Å². The number of hydrogen-bond acceptors (Lipinski definition) is 4. The summed E-state index contributed by atoms with van der Waals surface area (Å²) >= 11 is 1.33. The molecule has 0 aliphatic heterocycles. The molecule has 1 aromatic heterocycles. The third-order valence-corrected chi connectivity index (χ3v) is 4.39. The molecule has 0 aliphatic rings. The van der Waals surface area contributed by atoms with E-state index in [1.165, 1.54) is 17.8 Å². The van der Waals surface area contributed by atoms with Crippen molar-refractivity contribution in [3.63, 3.8) is 0 Å². The Bertz CT molecular complexity index is 715. The Labute approximate surface area is 152 Å².